The van der Waals surface area contributed by atoms with E-state index in [9.17, 15) is 4.79 Å². The molecule has 0 aromatic carbocycles. The summed E-state index contributed by atoms with van der Waals surface area (Å²) in [6, 6.07) is 4.34. The molecule has 9 nitrogen and oxygen atoms in total. The van der Waals surface area contributed by atoms with E-state index >= 15 is 0 Å². The topological polar surface area (TPSA) is 132 Å². The number of nitrogens with two attached hydrogens (primary N) is 2. The Morgan fingerprint density at radius 3 is 3.00 bits per heavy atom. The van der Waals surface area contributed by atoms with E-state index in [0.717, 1.165) is 54.1 Å². The standard InChI is InChI=1S/C23H29N7O2S/c1-12-26-8-16-20(25)21(33-23(16)27-12)22(31)28-15-4-5-18-13(7-15)3-6-19(29-18)30-9-14(11-32-2)17(24)10-30/h3,6,8,14-15,17H,4-5,7,9-11,24-25H2,1-2H3,(H,28,31). The van der Waals surface area contributed by atoms with Crippen molar-refractivity contribution in [3.63, 3.8) is 0 Å². The number of carbonyl (C=O) groups excluding carboxylic acids is 1. The molecule has 0 radical (unpaired) electrons. The van der Waals surface area contributed by atoms with Crippen LogP contribution in [0.4, 0.5) is 11.5 Å². The van der Waals surface area contributed by atoms with E-state index in [2.05, 4.69) is 32.3 Å². The van der Waals surface area contributed by atoms with Gasteiger partial charge in [0.2, 0.25) is 0 Å². The average molecular weight is 468 g/mol. The molecule has 5 N–H and O–H groups in total. The molecule has 3 aromatic heterocycles. The van der Waals surface area contributed by atoms with E-state index in [1.807, 2.05) is 6.92 Å². The van der Waals surface area contributed by atoms with Gasteiger partial charge in [-0.25, -0.2) is 15.0 Å². The average Bonchev–Trinajstić information content (AvgIpc) is 3.33. The summed E-state index contributed by atoms with van der Waals surface area (Å²) in [5.74, 6) is 1.81. The lowest BCUT2D eigenvalue weighted by Gasteiger charge is -2.26. The van der Waals surface area contributed by atoms with Gasteiger partial charge in [-0.15, -0.1) is 11.3 Å². The first-order valence-electron chi connectivity index (χ1n) is 11.2. The maximum absolute atomic E-state index is 13.0. The summed E-state index contributed by atoms with van der Waals surface area (Å²) >= 11 is 1.31. The molecule has 174 valence electrons. The Balaban J connectivity index is 1.26. The summed E-state index contributed by atoms with van der Waals surface area (Å²) in [4.78, 5) is 30.0. The Morgan fingerprint density at radius 1 is 1.33 bits per heavy atom. The molecule has 2 aliphatic rings. The van der Waals surface area contributed by atoms with Gasteiger partial charge in [0.05, 0.1) is 17.7 Å². The zero-order valence-electron chi connectivity index (χ0n) is 18.9. The molecule has 1 fully saturated rings. The summed E-state index contributed by atoms with van der Waals surface area (Å²) in [5, 5.41) is 3.89. The maximum Gasteiger partial charge on any atom is 0.263 e. The molecule has 0 saturated carbocycles. The Bertz CT molecular complexity index is 1200. The number of nitrogens with zero attached hydrogens (tertiary/aromatic N) is 4. The molecule has 3 atom stereocenters. The van der Waals surface area contributed by atoms with Crippen LogP contribution in [-0.2, 0) is 17.6 Å². The summed E-state index contributed by atoms with van der Waals surface area (Å²) in [6.45, 7) is 4.14. The van der Waals surface area contributed by atoms with Crippen LogP contribution in [0.25, 0.3) is 10.2 Å². The van der Waals surface area contributed by atoms with Crippen molar-refractivity contribution in [2.75, 3.05) is 37.4 Å². The minimum absolute atomic E-state index is 0.0429. The quantitative estimate of drug-likeness (QED) is 0.516. The highest BCUT2D eigenvalue weighted by Crippen LogP contribution is 2.32. The predicted molar refractivity (Wildman–Crippen MR) is 130 cm³/mol. The summed E-state index contributed by atoms with van der Waals surface area (Å²) in [5.41, 5.74) is 15.2. The number of ether oxygens (including phenoxy) is 1. The van der Waals surface area contributed by atoms with E-state index < -0.39 is 0 Å². The number of methoxy groups -OCH3 is 1. The Labute approximate surface area is 196 Å². The number of rotatable bonds is 5. The van der Waals surface area contributed by atoms with Crippen molar-refractivity contribution in [1.29, 1.82) is 0 Å². The number of thiophene rings is 1. The number of amides is 1. The third kappa shape index (κ3) is 4.25. The number of hydrogen-bond acceptors (Lipinski definition) is 9. The maximum atomic E-state index is 13.0. The molecule has 1 saturated heterocycles. The second kappa shape index (κ2) is 8.85. The van der Waals surface area contributed by atoms with Crippen LogP contribution in [0.3, 0.4) is 0 Å². The minimum atomic E-state index is -0.151. The number of hydrogen-bond donors (Lipinski definition) is 3. The Morgan fingerprint density at radius 2 is 2.18 bits per heavy atom. The van der Waals surface area contributed by atoms with Gasteiger partial charge in [-0.05, 0) is 37.8 Å². The SMILES string of the molecule is COCC1CN(c2ccc3c(n2)CCC(NC(=O)c2sc4nc(C)ncc4c2N)C3)CC1N. The van der Waals surface area contributed by atoms with Crippen LogP contribution >= 0.6 is 11.3 Å². The van der Waals surface area contributed by atoms with E-state index in [0.29, 0.717) is 28.9 Å². The predicted octanol–water partition coefficient (Wildman–Crippen LogP) is 1.67. The van der Waals surface area contributed by atoms with E-state index in [4.69, 9.17) is 21.2 Å². The van der Waals surface area contributed by atoms with Gasteiger partial charge in [-0.1, -0.05) is 6.07 Å². The van der Waals surface area contributed by atoms with Gasteiger partial charge < -0.3 is 26.4 Å². The van der Waals surface area contributed by atoms with Gasteiger partial charge in [0.15, 0.2) is 0 Å². The first-order chi connectivity index (χ1) is 15.9. The van der Waals surface area contributed by atoms with Crippen molar-refractivity contribution in [3.8, 4) is 0 Å². The Hall–Kier alpha value is -2.82. The highest BCUT2D eigenvalue weighted by atomic mass is 32.1. The van der Waals surface area contributed by atoms with E-state index in [-0.39, 0.29) is 18.0 Å². The first-order valence-corrected chi connectivity index (χ1v) is 12.0. The summed E-state index contributed by atoms with van der Waals surface area (Å²) in [7, 11) is 1.71. The van der Waals surface area contributed by atoms with E-state index in [1.165, 1.54) is 16.9 Å². The molecule has 3 aromatic rings. The minimum Gasteiger partial charge on any atom is -0.397 e. The van der Waals surface area contributed by atoms with Crippen molar-refractivity contribution >= 4 is 39.0 Å². The van der Waals surface area contributed by atoms with Crippen LogP contribution in [-0.4, -0.2) is 59.7 Å². The molecule has 3 unspecified atom stereocenters. The molecular formula is C23H29N7O2S. The lowest BCUT2D eigenvalue weighted by atomic mass is 9.91. The number of carbonyl (C=O) groups is 1. The molecule has 1 aliphatic heterocycles. The molecule has 0 bridgehead atoms. The van der Waals surface area contributed by atoms with Crippen molar-refractivity contribution in [1.82, 2.24) is 20.3 Å². The van der Waals surface area contributed by atoms with Crippen LogP contribution in [0.2, 0.25) is 0 Å². The summed E-state index contributed by atoms with van der Waals surface area (Å²) in [6.07, 6.45) is 4.10. The number of nitrogen functional groups attached to an aromatic ring is 1. The lowest BCUT2D eigenvalue weighted by Crippen LogP contribution is -2.39. The number of fused-ring (bicyclic) bond motifs is 2. The number of nitrogens with one attached hydrogen (secondary N) is 1. The van der Waals surface area contributed by atoms with Gasteiger partial charge in [0, 0.05) is 50.1 Å². The largest absolute Gasteiger partial charge is 0.397 e. The molecular weight excluding hydrogens is 438 g/mol. The van der Waals surface area contributed by atoms with Crippen molar-refractivity contribution in [2.45, 2.75) is 38.3 Å². The lowest BCUT2D eigenvalue weighted by molar-refractivity contribution is 0.0938. The third-order valence-electron chi connectivity index (χ3n) is 6.60. The zero-order chi connectivity index (χ0) is 23.1. The fourth-order valence-electron chi connectivity index (χ4n) is 4.78. The molecule has 1 amide bonds. The van der Waals surface area contributed by atoms with Crippen LogP contribution < -0.4 is 21.7 Å². The van der Waals surface area contributed by atoms with Gasteiger partial charge >= 0.3 is 0 Å². The second-order valence-corrected chi connectivity index (χ2v) is 9.95. The van der Waals surface area contributed by atoms with Crippen LogP contribution in [0.1, 0.15) is 33.2 Å². The molecule has 0 spiro atoms. The molecule has 4 heterocycles. The molecule has 33 heavy (non-hydrogen) atoms. The smallest absolute Gasteiger partial charge is 0.263 e. The monoisotopic (exact) mass is 467 g/mol. The summed E-state index contributed by atoms with van der Waals surface area (Å²) < 4.78 is 5.30. The second-order valence-electron chi connectivity index (χ2n) is 8.95. The highest BCUT2D eigenvalue weighted by Gasteiger charge is 2.31. The number of anilines is 2. The Kier molecular flexibility index (Phi) is 5.90. The zero-order valence-corrected chi connectivity index (χ0v) is 19.7. The normalized spacial score (nSPS) is 22.5. The van der Waals surface area contributed by atoms with Crippen molar-refractivity contribution in [2.24, 2.45) is 11.7 Å². The van der Waals surface area contributed by atoms with Gasteiger partial charge in [0.25, 0.3) is 5.91 Å². The first kappa shape index (κ1) is 22.0. The van der Waals surface area contributed by atoms with Crippen molar-refractivity contribution in [3.05, 3.63) is 40.3 Å². The van der Waals surface area contributed by atoms with Crippen LogP contribution in [0.5, 0.6) is 0 Å². The number of pyridine rings is 1. The van der Waals surface area contributed by atoms with Gasteiger partial charge in [0.1, 0.15) is 21.3 Å². The van der Waals surface area contributed by atoms with Gasteiger partial charge in [-0.3, -0.25) is 4.79 Å². The highest BCUT2D eigenvalue weighted by molar-refractivity contribution is 7.21. The fraction of sp³-hybridized carbons (Fsp3) is 0.478. The third-order valence-corrected chi connectivity index (χ3v) is 7.71. The van der Waals surface area contributed by atoms with Gasteiger partial charge in [-0.2, -0.15) is 0 Å². The number of aryl methyl sites for hydroxylation is 2. The van der Waals surface area contributed by atoms with Crippen LogP contribution in [0, 0.1) is 12.8 Å². The van der Waals surface area contributed by atoms with E-state index in [1.54, 1.807) is 13.3 Å². The van der Waals surface area contributed by atoms with Crippen molar-refractivity contribution < 1.29 is 9.53 Å². The molecule has 1 aliphatic carbocycles. The molecule has 5 rings (SSSR count). The number of aromatic nitrogens is 3. The fourth-order valence-corrected chi connectivity index (χ4v) is 5.79. The van der Waals surface area contributed by atoms with Crippen LogP contribution in [0.15, 0.2) is 18.3 Å². The molecule has 10 heteroatoms.